The Balaban J connectivity index is 1.07. The van der Waals surface area contributed by atoms with Gasteiger partial charge in [0.05, 0.1) is 27.3 Å². The van der Waals surface area contributed by atoms with E-state index in [2.05, 4.69) is 20.9 Å². The van der Waals surface area contributed by atoms with Crippen LogP contribution in [0, 0.1) is 0 Å². The predicted octanol–water partition coefficient (Wildman–Crippen LogP) is 7.63. The average Bonchev–Trinajstić information content (AvgIpc) is 3.46. The number of carbonyl (C=O) groups is 2. The van der Waals surface area contributed by atoms with Crippen molar-refractivity contribution in [2.24, 2.45) is 0 Å². The van der Waals surface area contributed by atoms with Gasteiger partial charge < -0.3 is 15.4 Å². The van der Waals surface area contributed by atoms with Gasteiger partial charge in [-0.3, -0.25) is 10.1 Å². The van der Waals surface area contributed by atoms with E-state index in [0.29, 0.717) is 57.2 Å². The molecule has 8 rings (SSSR count). The molecule has 0 aliphatic heterocycles. The number of hydrogen-bond acceptors (Lipinski definition) is 8. The van der Waals surface area contributed by atoms with Crippen molar-refractivity contribution in [3.8, 4) is 11.3 Å². The minimum atomic E-state index is -3.89. The zero-order valence-electron chi connectivity index (χ0n) is 27.9. The summed E-state index contributed by atoms with van der Waals surface area (Å²) in [5, 5.41) is 10.5. The third-order valence-corrected chi connectivity index (χ3v) is 11.2. The average molecular weight is 713 g/mol. The van der Waals surface area contributed by atoms with Crippen LogP contribution in [0.25, 0.3) is 22.2 Å². The summed E-state index contributed by atoms with van der Waals surface area (Å²) in [6.45, 7) is 5.37. The molecule has 11 nitrogen and oxygen atoms in total. The van der Waals surface area contributed by atoms with E-state index in [-0.39, 0.29) is 21.9 Å². The van der Waals surface area contributed by atoms with Crippen molar-refractivity contribution in [3.63, 3.8) is 0 Å². The molecule has 5 aromatic rings. The lowest BCUT2D eigenvalue weighted by atomic mass is 9.54. The van der Waals surface area contributed by atoms with Crippen molar-refractivity contribution in [1.29, 1.82) is 0 Å². The highest BCUT2D eigenvalue weighted by Crippen LogP contribution is 2.53. The highest BCUT2D eigenvalue weighted by Gasteiger charge is 2.58. The molecule has 3 saturated carbocycles. The van der Waals surface area contributed by atoms with Crippen molar-refractivity contribution in [1.82, 2.24) is 19.3 Å². The second-order valence-corrected chi connectivity index (χ2v) is 16.3. The fourth-order valence-electron chi connectivity index (χ4n) is 7.20. The second-order valence-electron chi connectivity index (χ2n) is 14.1. The number of halogens is 1. The molecule has 50 heavy (non-hydrogen) atoms. The van der Waals surface area contributed by atoms with Crippen LogP contribution in [-0.4, -0.2) is 51.0 Å². The van der Waals surface area contributed by atoms with Crippen LogP contribution in [0.5, 0.6) is 0 Å². The lowest BCUT2D eigenvalue weighted by molar-refractivity contribution is 0.0272. The van der Waals surface area contributed by atoms with Crippen molar-refractivity contribution in [3.05, 3.63) is 102 Å². The maximum atomic E-state index is 13.7. The van der Waals surface area contributed by atoms with Crippen LogP contribution in [0.1, 0.15) is 63.2 Å². The van der Waals surface area contributed by atoms with E-state index in [9.17, 15) is 18.0 Å². The number of anilines is 2. The van der Waals surface area contributed by atoms with Crippen molar-refractivity contribution >= 4 is 56.2 Å². The number of nitrogens with zero attached hydrogens (tertiary/aromatic N) is 3. The van der Waals surface area contributed by atoms with E-state index < -0.39 is 21.7 Å². The normalized spacial score (nSPS) is 20.1. The first-order valence-electron chi connectivity index (χ1n) is 16.4. The lowest BCUT2D eigenvalue weighted by Gasteiger charge is -2.60. The van der Waals surface area contributed by atoms with Crippen LogP contribution >= 0.6 is 11.6 Å². The van der Waals surface area contributed by atoms with E-state index >= 15 is 0 Å². The quantitative estimate of drug-likeness (QED) is 0.149. The standard InChI is InChI=1S/C37H37ClN6O5S/c1-35(2,3)49-34(46)40-25-16-14-24(15-17-25)32(45)42-36-18-9-19-37(22-36,23-36)43-33-39-20-29(38)31(41-33)28-21-44(30-13-8-7-12-27(28)30)50(47,48)26-10-5-4-6-11-26/h4-8,10-17,20-21H,9,18-19,22-23H2,1-3H3,(H,40,46)(H,42,45)(H,39,41,43). The first-order valence-corrected chi connectivity index (χ1v) is 18.2. The summed E-state index contributed by atoms with van der Waals surface area (Å²) in [6, 6.07) is 22.2. The fraction of sp³-hybridized carbons (Fsp3) is 0.297. The van der Waals surface area contributed by atoms with E-state index in [4.69, 9.17) is 21.3 Å². The third-order valence-electron chi connectivity index (χ3n) is 9.19. The molecular weight excluding hydrogens is 676 g/mol. The molecule has 258 valence electrons. The summed E-state index contributed by atoms with van der Waals surface area (Å²) >= 11 is 6.67. The lowest BCUT2D eigenvalue weighted by Crippen LogP contribution is -2.70. The SMILES string of the molecule is CC(C)(C)OC(=O)Nc1ccc(C(=O)NC23CCCC(Nc4ncc(Cl)c(-c5cn(S(=O)(=O)c6ccccc6)c6ccccc56)n4)(C2)C3)cc1. The molecule has 3 aromatic carbocycles. The molecule has 0 spiro atoms. The highest BCUT2D eigenvalue weighted by atomic mass is 35.5. The molecule has 0 radical (unpaired) electrons. The number of para-hydroxylation sites is 1. The number of benzene rings is 3. The van der Waals surface area contributed by atoms with Gasteiger partial charge in [0, 0.05) is 39.5 Å². The zero-order valence-corrected chi connectivity index (χ0v) is 29.4. The molecule has 13 heteroatoms. The number of rotatable bonds is 8. The van der Waals surface area contributed by atoms with Crippen LogP contribution in [0.2, 0.25) is 5.02 Å². The Bertz CT molecular complexity index is 2210. The van der Waals surface area contributed by atoms with Crippen molar-refractivity contribution < 1.29 is 22.7 Å². The van der Waals surface area contributed by atoms with Gasteiger partial charge in [-0.2, -0.15) is 0 Å². The fourth-order valence-corrected chi connectivity index (χ4v) is 8.78. The van der Waals surface area contributed by atoms with Crippen LogP contribution in [0.3, 0.4) is 0 Å². The second kappa shape index (κ2) is 12.4. The number of hydrogen-bond donors (Lipinski definition) is 3. The van der Waals surface area contributed by atoms with Gasteiger partial charge in [-0.05, 0) is 95.3 Å². The number of carbonyl (C=O) groups excluding carboxylic acids is 2. The van der Waals surface area contributed by atoms with Gasteiger partial charge in [0.15, 0.2) is 0 Å². The highest BCUT2D eigenvalue weighted by molar-refractivity contribution is 7.90. The van der Waals surface area contributed by atoms with Crippen LogP contribution in [0.15, 0.2) is 96.2 Å². The number of fused-ring (bicyclic) bond motifs is 3. The Morgan fingerprint density at radius 2 is 1.60 bits per heavy atom. The Morgan fingerprint density at radius 3 is 2.32 bits per heavy atom. The van der Waals surface area contributed by atoms with Crippen LogP contribution < -0.4 is 16.0 Å². The monoisotopic (exact) mass is 712 g/mol. The Labute approximate surface area is 295 Å². The van der Waals surface area contributed by atoms with Gasteiger partial charge in [0.25, 0.3) is 15.9 Å². The molecule has 0 atom stereocenters. The minimum Gasteiger partial charge on any atom is -0.444 e. The maximum Gasteiger partial charge on any atom is 0.412 e. The molecule has 0 unspecified atom stereocenters. The molecule has 3 fully saturated rings. The molecule has 2 amide bonds. The van der Waals surface area contributed by atoms with Gasteiger partial charge in [0.2, 0.25) is 5.95 Å². The summed E-state index contributed by atoms with van der Waals surface area (Å²) in [6.07, 6.45) is 6.55. The Morgan fingerprint density at radius 1 is 0.920 bits per heavy atom. The predicted molar refractivity (Wildman–Crippen MR) is 193 cm³/mol. The number of aromatic nitrogens is 3. The smallest absolute Gasteiger partial charge is 0.412 e. The number of ether oxygens (including phenoxy) is 1. The number of nitrogens with one attached hydrogen (secondary N) is 3. The summed E-state index contributed by atoms with van der Waals surface area (Å²) in [7, 11) is -3.89. The molecule has 3 aliphatic rings. The van der Waals surface area contributed by atoms with E-state index in [1.54, 1.807) is 93.7 Å². The van der Waals surface area contributed by atoms with Crippen molar-refractivity contribution in [2.75, 3.05) is 10.6 Å². The van der Waals surface area contributed by atoms with E-state index in [1.165, 1.54) is 10.2 Å². The molecule has 3 N–H and O–H groups in total. The summed E-state index contributed by atoms with van der Waals surface area (Å²) < 4.78 is 33.9. The molecule has 2 heterocycles. The molecule has 3 aliphatic carbocycles. The topological polar surface area (TPSA) is 144 Å². The van der Waals surface area contributed by atoms with Gasteiger partial charge in [0.1, 0.15) is 5.60 Å². The van der Waals surface area contributed by atoms with Gasteiger partial charge in [-0.1, -0.05) is 48.0 Å². The van der Waals surface area contributed by atoms with E-state index in [0.717, 1.165) is 19.3 Å². The largest absolute Gasteiger partial charge is 0.444 e. The van der Waals surface area contributed by atoms with Crippen LogP contribution in [0.4, 0.5) is 16.4 Å². The number of amides is 2. The first kappa shape index (κ1) is 33.6. The molecule has 0 saturated heterocycles. The van der Waals surface area contributed by atoms with E-state index in [1.807, 2.05) is 12.1 Å². The first-order chi connectivity index (χ1) is 23.7. The van der Waals surface area contributed by atoms with Crippen LogP contribution in [-0.2, 0) is 14.8 Å². The Kier molecular flexibility index (Phi) is 8.34. The van der Waals surface area contributed by atoms with Gasteiger partial charge >= 0.3 is 6.09 Å². The summed E-state index contributed by atoms with van der Waals surface area (Å²) in [5.41, 5.74) is 1.21. The molecule has 2 bridgehead atoms. The molecular formula is C37H37ClN6O5S. The summed E-state index contributed by atoms with van der Waals surface area (Å²) in [5.74, 6) is 0.193. The summed E-state index contributed by atoms with van der Waals surface area (Å²) in [4.78, 5) is 34.9. The third kappa shape index (κ3) is 6.52. The molecule has 2 aromatic heterocycles. The minimum absolute atomic E-state index is 0.174. The van der Waals surface area contributed by atoms with Gasteiger partial charge in [-0.25, -0.2) is 27.2 Å². The zero-order chi connectivity index (χ0) is 35.3. The van der Waals surface area contributed by atoms with Gasteiger partial charge in [-0.15, -0.1) is 0 Å². The Hall–Kier alpha value is -4.94. The van der Waals surface area contributed by atoms with Crippen molar-refractivity contribution in [2.45, 2.75) is 74.4 Å². The maximum absolute atomic E-state index is 13.7.